The normalized spacial score (nSPS) is 10.2. The number of carbonyl (C=O) groups is 1. The predicted octanol–water partition coefficient (Wildman–Crippen LogP) is 3.48. The van der Waals surface area contributed by atoms with Gasteiger partial charge >= 0.3 is 5.97 Å². The molecule has 0 aliphatic carbocycles. The minimum Gasteiger partial charge on any atom is -0.478 e. The smallest absolute Gasteiger partial charge is 0.336 e. The zero-order chi connectivity index (χ0) is 15.6. The van der Waals surface area contributed by atoms with Gasteiger partial charge in [-0.05, 0) is 37.3 Å². The number of carboxylic acid groups (broad SMARTS) is 1. The van der Waals surface area contributed by atoms with Crippen LogP contribution < -0.4 is 5.32 Å². The van der Waals surface area contributed by atoms with Crippen LogP contribution in [0.5, 0.6) is 0 Å². The maximum absolute atomic E-state index is 12.8. The van der Waals surface area contributed by atoms with E-state index in [0.717, 1.165) is 6.07 Å². The lowest BCUT2D eigenvalue weighted by Gasteiger charge is -2.11. The fraction of sp³-hybridized carbons (Fsp3) is 0.0714. The summed E-state index contributed by atoms with van der Waals surface area (Å²) in [7, 11) is 0. The molecule has 0 heterocycles. The second kappa shape index (κ2) is 5.58. The van der Waals surface area contributed by atoms with E-state index in [1.807, 2.05) is 0 Å². The number of halogens is 1. The highest BCUT2D eigenvalue weighted by Gasteiger charge is 2.19. The van der Waals surface area contributed by atoms with Crippen LogP contribution in [0, 0.1) is 22.9 Å². The topological polar surface area (TPSA) is 92.5 Å². The zero-order valence-electron chi connectivity index (χ0n) is 11.0. The number of rotatable bonds is 4. The van der Waals surface area contributed by atoms with E-state index in [0.29, 0.717) is 11.3 Å². The molecule has 7 heteroatoms. The van der Waals surface area contributed by atoms with Crippen LogP contribution in [0.15, 0.2) is 36.4 Å². The third-order valence-corrected chi connectivity index (χ3v) is 2.95. The molecule has 21 heavy (non-hydrogen) atoms. The third kappa shape index (κ3) is 3.14. The molecule has 0 amide bonds. The summed E-state index contributed by atoms with van der Waals surface area (Å²) in [5, 5.41) is 22.8. The molecule has 2 rings (SSSR count). The summed E-state index contributed by atoms with van der Waals surface area (Å²) >= 11 is 0. The third-order valence-electron chi connectivity index (χ3n) is 2.95. The maximum atomic E-state index is 12.8. The number of nitrogens with one attached hydrogen (secondary N) is 1. The van der Waals surface area contributed by atoms with Gasteiger partial charge in [-0.15, -0.1) is 0 Å². The standard InChI is InChI=1S/C14H11FN2O4/c1-8-12(16-11-4-2-10(15)3-5-11)6-9(14(18)19)7-13(8)17(20)21/h2-7,16H,1H3,(H,18,19). The second-order valence-electron chi connectivity index (χ2n) is 4.36. The number of nitrogens with zero attached hydrogens (tertiary/aromatic N) is 1. The highest BCUT2D eigenvalue weighted by Crippen LogP contribution is 2.30. The molecule has 0 aliphatic heterocycles. The Kier molecular flexibility index (Phi) is 3.84. The van der Waals surface area contributed by atoms with Crippen molar-refractivity contribution in [1.82, 2.24) is 0 Å². The summed E-state index contributed by atoms with van der Waals surface area (Å²) in [5.41, 5.74) is 0.593. The van der Waals surface area contributed by atoms with Crippen molar-refractivity contribution >= 4 is 23.0 Å². The predicted molar refractivity (Wildman–Crippen MR) is 74.5 cm³/mol. The first-order valence-corrected chi connectivity index (χ1v) is 5.93. The Labute approximate surface area is 119 Å². The van der Waals surface area contributed by atoms with Gasteiger partial charge in [0.1, 0.15) is 5.82 Å². The van der Waals surface area contributed by atoms with Gasteiger partial charge in [-0.2, -0.15) is 0 Å². The Morgan fingerprint density at radius 3 is 2.43 bits per heavy atom. The molecule has 0 bridgehead atoms. The maximum Gasteiger partial charge on any atom is 0.336 e. The summed E-state index contributed by atoms with van der Waals surface area (Å²) in [6.45, 7) is 1.51. The van der Waals surface area contributed by atoms with Crippen LogP contribution in [0.1, 0.15) is 15.9 Å². The minimum atomic E-state index is -1.26. The van der Waals surface area contributed by atoms with Gasteiger partial charge in [0.25, 0.3) is 5.69 Å². The SMILES string of the molecule is Cc1c(Nc2ccc(F)cc2)cc(C(=O)O)cc1[N+](=O)[O-]. The van der Waals surface area contributed by atoms with Gasteiger partial charge in [0.05, 0.1) is 16.1 Å². The summed E-state index contributed by atoms with van der Waals surface area (Å²) in [6, 6.07) is 7.67. The Balaban J connectivity index is 2.48. The molecule has 6 nitrogen and oxygen atoms in total. The Morgan fingerprint density at radius 2 is 1.90 bits per heavy atom. The van der Waals surface area contributed by atoms with Crippen molar-refractivity contribution < 1.29 is 19.2 Å². The van der Waals surface area contributed by atoms with Gasteiger partial charge in [0.2, 0.25) is 0 Å². The molecule has 0 unspecified atom stereocenters. The minimum absolute atomic E-state index is 0.197. The van der Waals surface area contributed by atoms with Crippen LogP contribution in [-0.4, -0.2) is 16.0 Å². The van der Waals surface area contributed by atoms with Crippen LogP contribution in [0.4, 0.5) is 21.5 Å². The lowest BCUT2D eigenvalue weighted by molar-refractivity contribution is -0.385. The molecular weight excluding hydrogens is 279 g/mol. The molecule has 0 saturated carbocycles. The van der Waals surface area contributed by atoms with Gasteiger partial charge in [-0.25, -0.2) is 9.18 Å². The van der Waals surface area contributed by atoms with Gasteiger partial charge < -0.3 is 10.4 Å². The fourth-order valence-electron chi connectivity index (χ4n) is 1.83. The van der Waals surface area contributed by atoms with E-state index in [1.165, 1.54) is 37.3 Å². The van der Waals surface area contributed by atoms with E-state index >= 15 is 0 Å². The molecule has 0 atom stereocenters. The molecule has 0 aliphatic rings. The number of nitro groups is 1. The quantitative estimate of drug-likeness (QED) is 0.664. The van der Waals surface area contributed by atoms with Crippen molar-refractivity contribution in [3.05, 3.63) is 63.5 Å². The number of hydrogen-bond donors (Lipinski definition) is 2. The van der Waals surface area contributed by atoms with Gasteiger partial charge in [-0.3, -0.25) is 10.1 Å². The van der Waals surface area contributed by atoms with Crippen molar-refractivity contribution in [2.75, 3.05) is 5.32 Å². The first-order valence-electron chi connectivity index (χ1n) is 5.93. The van der Waals surface area contributed by atoms with Crippen LogP contribution in [0.3, 0.4) is 0 Å². The lowest BCUT2D eigenvalue weighted by atomic mass is 10.1. The second-order valence-corrected chi connectivity index (χ2v) is 4.36. The largest absolute Gasteiger partial charge is 0.478 e. The molecular formula is C14H11FN2O4. The fourth-order valence-corrected chi connectivity index (χ4v) is 1.83. The summed E-state index contributed by atoms with van der Waals surface area (Å²) in [5.74, 6) is -1.68. The number of carboxylic acids is 1. The average molecular weight is 290 g/mol. The highest BCUT2D eigenvalue weighted by molar-refractivity contribution is 5.91. The molecule has 0 spiro atoms. The first-order chi connectivity index (χ1) is 9.88. The molecule has 2 N–H and O–H groups in total. The van der Waals surface area contributed by atoms with Crippen molar-refractivity contribution in [2.24, 2.45) is 0 Å². The van der Waals surface area contributed by atoms with E-state index in [9.17, 15) is 19.3 Å². The van der Waals surface area contributed by atoms with Crippen LogP contribution in [0.2, 0.25) is 0 Å². The summed E-state index contributed by atoms with van der Waals surface area (Å²) in [4.78, 5) is 21.4. The molecule has 2 aromatic carbocycles. The van der Waals surface area contributed by atoms with Crippen LogP contribution >= 0.6 is 0 Å². The number of benzene rings is 2. The van der Waals surface area contributed by atoms with Crippen LogP contribution in [-0.2, 0) is 0 Å². The van der Waals surface area contributed by atoms with Crippen LogP contribution in [0.25, 0.3) is 0 Å². The van der Waals surface area contributed by atoms with Crippen molar-refractivity contribution in [3.63, 3.8) is 0 Å². The Bertz CT molecular complexity index is 714. The molecule has 0 fully saturated rings. The molecule has 0 aromatic heterocycles. The van der Waals surface area contributed by atoms with Gasteiger partial charge in [-0.1, -0.05) is 0 Å². The lowest BCUT2D eigenvalue weighted by Crippen LogP contribution is -2.03. The van der Waals surface area contributed by atoms with E-state index in [2.05, 4.69) is 5.32 Å². The summed E-state index contributed by atoms with van der Waals surface area (Å²) in [6.07, 6.45) is 0. The van der Waals surface area contributed by atoms with Crippen molar-refractivity contribution in [1.29, 1.82) is 0 Å². The molecule has 0 radical (unpaired) electrons. The van der Waals surface area contributed by atoms with Crippen molar-refractivity contribution in [2.45, 2.75) is 6.92 Å². The zero-order valence-corrected chi connectivity index (χ0v) is 11.0. The van der Waals surface area contributed by atoms with E-state index in [4.69, 9.17) is 5.11 Å². The first kappa shape index (κ1) is 14.4. The monoisotopic (exact) mass is 290 g/mol. The number of anilines is 2. The van der Waals surface area contributed by atoms with Crippen molar-refractivity contribution in [3.8, 4) is 0 Å². The number of nitro benzene ring substituents is 1. The number of hydrogen-bond acceptors (Lipinski definition) is 4. The van der Waals surface area contributed by atoms with Gasteiger partial charge in [0, 0.05) is 17.4 Å². The highest BCUT2D eigenvalue weighted by atomic mass is 19.1. The van der Waals surface area contributed by atoms with E-state index in [-0.39, 0.29) is 16.9 Å². The van der Waals surface area contributed by atoms with E-state index in [1.54, 1.807) is 0 Å². The van der Waals surface area contributed by atoms with E-state index < -0.39 is 16.7 Å². The molecule has 0 saturated heterocycles. The summed E-state index contributed by atoms with van der Waals surface area (Å²) < 4.78 is 12.8. The van der Waals surface area contributed by atoms with Gasteiger partial charge in [0.15, 0.2) is 0 Å². The molecule has 108 valence electrons. The Morgan fingerprint density at radius 1 is 1.29 bits per heavy atom. The average Bonchev–Trinajstić information content (AvgIpc) is 2.42. The molecule has 2 aromatic rings. The number of aromatic carboxylic acids is 1. The Hall–Kier alpha value is -2.96.